The Morgan fingerprint density at radius 2 is 1.95 bits per heavy atom. The molecule has 2 rings (SSSR count). The van der Waals surface area contributed by atoms with Gasteiger partial charge in [0.25, 0.3) is 0 Å². The van der Waals surface area contributed by atoms with Gasteiger partial charge in [-0.25, -0.2) is 4.79 Å². The highest BCUT2D eigenvalue weighted by atomic mass is 16.4. The summed E-state index contributed by atoms with van der Waals surface area (Å²) in [4.78, 5) is 26.2. The lowest BCUT2D eigenvalue weighted by atomic mass is 10.1. The fourth-order valence-corrected chi connectivity index (χ4v) is 2.41. The monoisotopic (exact) mass is 262 g/mol. The molecule has 0 aliphatic carbocycles. The van der Waals surface area contributed by atoms with Gasteiger partial charge in [0.15, 0.2) is 0 Å². The predicted molar refractivity (Wildman–Crippen MR) is 70.5 cm³/mol. The lowest BCUT2D eigenvalue weighted by Crippen LogP contribution is -2.57. The van der Waals surface area contributed by atoms with Gasteiger partial charge in [-0.2, -0.15) is 0 Å². The van der Waals surface area contributed by atoms with Crippen LogP contribution in [-0.2, 0) is 16.1 Å². The number of hydrogen-bond acceptors (Lipinski definition) is 3. The Balaban J connectivity index is 2.03. The summed E-state index contributed by atoms with van der Waals surface area (Å²) >= 11 is 0. The van der Waals surface area contributed by atoms with E-state index in [2.05, 4.69) is 4.90 Å². The second-order valence-electron chi connectivity index (χ2n) is 4.79. The third-order valence-electron chi connectivity index (χ3n) is 3.40. The van der Waals surface area contributed by atoms with E-state index in [9.17, 15) is 14.7 Å². The molecule has 102 valence electrons. The van der Waals surface area contributed by atoms with Gasteiger partial charge in [0, 0.05) is 33.1 Å². The van der Waals surface area contributed by atoms with Crippen molar-refractivity contribution < 1.29 is 14.7 Å². The van der Waals surface area contributed by atoms with E-state index in [1.165, 1.54) is 11.8 Å². The van der Waals surface area contributed by atoms with E-state index in [0.717, 1.165) is 12.1 Å². The molecule has 1 aliphatic heterocycles. The molecule has 5 nitrogen and oxygen atoms in total. The van der Waals surface area contributed by atoms with Gasteiger partial charge in [-0.05, 0) is 5.56 Å². The molecule has 0 radical (unpaired) electrons. The lowest BCUT2D eigenvalue weighted by molar-refractivity contribution is -0.153. The summed E-state index contributed by atoms with van der Waals surface area (Å²) in [5, 5.41) is 9.22. The molecule has 19 heavy (non-hydrogen) atoms. The van der Waals surface area contributed by atoms with Gasteiger partial charge in [-0.1, -0.05) is 30.3 Å². The van der Waals surface area contributed by atoms with Crippen LogP contribution in [0.3, 0.4) is 0 Å². The van der Waals surface area contributed by atoms with Gasteiger partial charge in [-0.3, -0.25) is 9.69 Å². The number of carbonyl (C=O) groups is 2. The highest BCUT2D eigenvalue weighted by Crippen LogP contribution is 2.13. The van der Waals surface area contributed by atoms with Gasteiger partial charge in [-0.15, -0.1) is 0 Å². The Kier molecular flexibility index (Phi) is 4.16. The third kappa shape index (κ3) is 3.32. The predicted octanol–water partition coefficient (Wildman–Crippen LogP) is 0.804. The summed E-state index contributed by atoms with van der Waals surface area (Å²) in [7, 11) is 0. The van der Waals surface area contributed by atoms with Crippen LogP contribution in [0.4, 0.5) is 0 Å². The number of amides is 1. The molecule has 0 bridgehead atoms. The van der Waals surface area contributed by atoms with Crippen molar-refractivity contribution >= 4 is 11.9 Å². The normalized spacial score (nSPS) is 20.3. The number of rotatable bonds is 3. The molecule has 1 unspecified atom stereocenters. The van der Waals surface area contributed by atoms with Crippen LogP contribution in [-0.4, -0.2) is 52.5 Å². The number of hydrogen-bond donors (Lipinski definition) is 1. The van der Waals surface area contributed by atoms with Crippen LogP contribution in [0, 0.1) is 0 Å². The number of carboxylic acids is 1. The molecular formula is C14H18N2O3. The Morgan fingerprint density at radius 3 is 2.53 bits per heavy atom. The average Bonchev–Trinajstić information content (AvgIpc) is 2.39. The number of piperazine rings is 1. The summed E-state index contributed by atoms with van der Waals surface area (Å²) < 4.78 is 0. The minimum atomic E-state index is -0.937. The number of carboxylic acid groups (broad SMARTS) is 1. The number of nitrogens with zero attached hydrogens (tertiary/aromatic N) is 2. The van der Waals surface area contributed by atoms with E-state index in [0.29, 0.717) is 19.6 Å². The quantitative estimate of drug-likeness (QED) is 0.875. The van der Waals surface area contributed by atoms with Crippen LogP contribution in [0.1, 0.15) is 12.5 Å². The average molecular weight is 262 g/mol. The second-order valence-corrected chi connectivity index (χ2v) is 4.79. The Hall–Kier alpha value is -1.88. The lowest BCUT2D eigenvalue weighted by Gasteiger charge is -2.38. The third-order valence-corrected chi connectivity index (χ3v) is 3.40. The maximum Gasteiger partial charge on any atom is 0.327 e. The standard InChI is InChI=1S/C14H18N2O3/c1-11(17)16-8-7-15(10-13(16)14(18)19)9-12-5-3-2-4-6-12/h2-6,13H,7-10H2,1H3,(H,18,19). The largest absolute Gasteiger partial charge is 0.480 e. The SMILES string of the molecule is CC(=O)N1CCN(Cc2ccccc2)CC1C(=O)O. The molecule has 0 aromatic heterocycles. The van der Waals surface area contributed by atoms with Crippen LogP contribution in [0.2, 0.25) is 0 Å². The first-order valence-electron chi connectivity index (χ1n) is 6.34. The topological polar surface area (TPSA) is 60.9 Å². The second kappa shape index (κ2) is 5.84. The first-order valence-corrected chi connectivity index (χ1v) is 6.34. The van der Waals surface area contributed by atoms with E-state index >= 15 is 0 Å². The highest BCUT2D eigenvalue weighted by molar-refractivity contribution is 5.82. The van der Waals surface area contributed by atoms with Gasteiger partial charge < -0.3 is 10.0 Å². The van der Waals surface area contributed by atoms with Crippen molar-refractivity contribution in [1.29, 1.82) is 0 Å². The number of carbonyl (C=O) groups excluding carboxylic acids is 1. The van der Waals surface area contributed by atoms with E-state index in [1.807, 2.05) is 30.3 Å². The zero-order valence-electron chi connectivity index (χ0n) is 11.0. The van der Waals surface area contributed by atoms with E-state index in [4.69, 9.17) is 0 Å². The Labute approximate surface area is 112 Å². The molecule has 1 heterocycles. The summed E-state index contributed by atoms with van der Waals surface area (Å²) in [6, 6.07) is 9.19. The zero-order chi connectivity index (χ0) is 13.8. The number of benzene rings is 1. The molecule has 0 spiro atoms. The summed E-state index contributed by atoms with van der Waals surface area (Å²) in [6.07, 6.45) is 0. The molecule has 5 heteroatoms. The van der Waals surface area contributed by atoms with Gasteiger partial charge >= 0.3 is 5.97 Å². The molecule has 1 aromatic carbocycles. The van der Waals surface area contributed by atoms with Crippen LogP contribution in [0.25, 0.3) is 0 Å². The summed E-state index contributed by atoms with van der Waals surface area (Å²) in [5.41, 5.74) is 1.16. The van der Waals surface area contributed by atoms with Crippen molar-refractivity contribution in [3.05, 3.63) is 35.9 Å². The molecule has 1 N–H and O–H groups in total. The maximum absolute atomic E-state index is 11.4. The molecule has 1 fully saturated rings. The van der Waals surface area contributed by atoms with Gasteiger partial charge in [0.2, 0.25) is 5.91 Å². The molecule has 1 atom stereocenters. The van der Waals surface area contributed by atoms with Crippen LogP contribution < -0.4 is 0 Å². The molecule has 1 saturated heterocycles. The van der Waals surface area contributed by atoms with Crippen molar-refractivity contribution in [2.75, 3.05) is 19.6 Å². The van der Waals surface area contributed by atoms with Crippen molar-refractivity contribution in [2.24, 2.45) is 0 Å². The van der Waals surface area contributed by atoms with Crippen molar-refractivity contribution in [2.45, 2.75) is 19.5 Å². The van der Waals surface area contributed by atoms with Crippen molar-refractivity contribution in [1.82, 2.24) is 9.80 Å². The van der Waals surface area contributed by atoms with E-state index in [-0.39, 0.29) is 5.91 Å². The van der Waals surface area contributed by atoms with Crippen LogP contribution in [0.15, 0.2) is 30.3 Å². The highest BCUT2D eigenvalue weighted by Gasteiger charge is 2.33. The zero-order valence-corrected chi connectivity index (χ0v) is 11.0. The fourth-order valence-electron chi connectivity index (χ4n) is 2.41. The smallest absolute Gasteiger partial charge is 0.327 e. The van der Waals surface area contributed by atoms with Crippen LogP contribution >= 0.6 is 0 Å². The molecule has 1 aromatic rings. The summed E-state index contributed by atoms with van der Waals surface area (Å²) in [5.74, 6) is -1.11. The van der Waals surface area contributed by atoms with Crippen molar-refractivity contribution in [3.8, 4) is 0 Å². The number of aliphatic carboxylic acids is 1. The molecule has 1 aliphatic rings. The molecular weight excluding hydrogens is 244 g/mol. The minimum absolute atomic E-state index is 0.174. The van der Waals surface area contributed by atoms with Gasteiger partial charge in [0.1, 0.15) is 6.04 Å². The molecule has 0 saturated carbocycles. The molecule has 1 amide bonds. The first-order chi connectivity index (χ1) is 9.08. The van der Waals surface area contributed by atoms with E-state index in [1.54, 1.807) is 0 Å². The maximum atomic E-state index is 11.4. The van der Waals surface area contributed by atoms with Crippen molar-refractivity contribution in [3.63, 3.8) is 0 Å². The Bertz CT molecular complexity index is 461. The Morgan fingerprint density at radius 1 is 1.26 bits per heavy atom. The van der Waals surface area contributed by atoms with E-state index < -0.39 is 12.0 Å². The van der Waals surface area contributed by atoms with Gasteiger partial charge in [0.05, 0.1) is 0 Å². The first kappa shape index (κ1) is 13.5. The summed E-state index contributed by atoms with van der Waals surface area (Å²) in [6.45, 7) is 3.69. The van der Waals surface area contributed by atoms with Crippen LogP contribution in [0.5, 0.6) is 0 Å². The fraction of sp³-hybridized carbons (Fsp3) is 0.429. The minimum Gasteiger partial charge on any atom is -0.480 e.